The van der Waals surface area contributed by atoms with Crippen LogP contribution < -0.4 is 4.47 Å². The van der Waals surface area contributed by atoms with E-state index in [-0.39, 0.29) is 6.26 Å². The van der Waals surface area contributed by atoms with Gasteiger partial charge < -0.3 is 9.94 Å². The molecule has 0 fully saturated rings. The van der Waals surface area contributed by atoms with Gasteiger partial charge in [0.2, 0.25) is 0 Å². The molecule has 160 valence electrons. The molecule has 10 nitrogen and oxygen atoms in total. The van der Waals surface area contributed by atoms with Gasteiger partial charge in [0.15, 0.2) is 0 Å². The van der Waals surface area contributed by atoms with Crippen LogP contribution in [0.25, 0.3) is 0 Å². The van der Waals surface area contributed by atoms with Gasteiger partial charge in [-0.05, 0) is 0 Å². The average Bonchev–Trinajstić information content (AvgIpc) is 2.47. The third-order valence-corrected chi connectivity index (χ3v) is 4.16. The van der Waals surface area contributed by atoms with Crippen LogP contribution in [0.3, 0.4) is 0 Å². The Morgan fingerprint density at radius 1 is 1.07 bits per heavy atom. The molecule has 2 unspecified atom stereocenters. The Bertz CT molecular complexity index is 810. The normalized spacial score (nSPS) is 16.5. The van der Waals surface area contributed by atoms with Crippen molar-refractivity contribution >= 4 is 32.0 Å². The maximum Gasteiger partial charge on any atom is 0.429 e. The zero-order chi connectivity index (χ0) is 22.2. The molecule has 0 aromatic rings. The summed E-state index contributed by atoms with van der Waals surface area (Å²) in [5.41, 5.74) is -3.61. The second-order valence-electron chi connectivity index (χ2n) is 4.64. The van der Waals surface area contributed by atoms with Gasteiger partial charge in [0, 0.05) is 0 Å². The largest absolute Gasteiger partial charge is 0.610 e. The summed E-state index contributed by atoms with van der Waals surface area (Å²) in [5, 5.41) is 10.8. The molecule has 0 saturated carbocycles. The lowest BCUT2D eigenvalue weighted by Crippen LogP contribution is -3.14. The molecule has 0 spiro atoms. The molecule has 0 aromatic heterocycles. The topological polar surface area (TPSA) is 159 Å². The van der Waals surface area contributed by atoms with Crippen LogP contribution in [0.1, 0.15) is 0 Å². The molecule has 0 aliphatic rings. The Morgan fingerprint density at radius 3 is 1.81 bits per heavy atom. The van der Waals surface area contributed by atoms with Gasteiger partial charge >= 0.3 is 39.8 Å². The monoisotopic (exact) mass is 459 g/mol. The molecule has 0 aromatic carbocycles. The minimum Gasteiger partial charge on any atom is -0.610 e. The van der Waals surface area contributed by atoms with Gasteiger partial charge in [-0.25, -0.2) is 14.0 Å². The van der Waals surface area contributed by atoms with Crippen molar-refractivity contribution < 1.29 is 70.9 Å². The number of carbonyl (C=O) groups excluding carboxylic acids is 2. The Kier molecular flexibility index (Phi) is 7.02. The van der Waals surface area contributed by atoms with Crippen molar-refractivity contribution in [2.45, 2.75) is 23.3 Å². The number of esters is 1. The van der Waals surface area contributed by atoms with Crippen LogP contribution >= 0.6 is 0 Å². The van der Waals surface area contributed by atoms with Gasteiger partial charge in [0.05, 0.1) is 6.26 Å². The molecule has 2 N–H and O–H groups in total. The van der Waals surface area contributed by atoms with E-state index in [0.717, 1.165) is 0 Å². The predicted molar refractivity (Wildman–Crippen MR) is 66.4 cm³/mol. The van der Waals surface area contributed by atoms with Gasteiger partial charge in [-0.15, -0.1) is 0 Å². The van der Waals surface area contributed by atoms with Crippen LogP contribution in [0.15, 0.2) is 0 Å². The summed E-state index contributed by atoms with van der Waals surface area (Å²) >= 11 is 0. The first-order chi connectivity index (χ1) is 11.6. The molecule has 0 rings (SSSR count). The Morgan fingerprint density at radius 2 is 1.48 bits per heavy atom. The molecule has 0 bridgehead atoms. The quantitative estimate of drug-likeness (QED) is 0.190. The van der Waals surface area contributed by atoms with Crippen molar-refractivity contribution in [1.29, 1.82) is 0 Å². The van der Waals surface area contributed by atoms with Crippen molar-refractivity contribution in [1.82, 2.24) is 0 Å². The highest BCUT2D eigenvalue weighted by Crippen LogP contribution is 2.46. The van der Waals surface area contributed by atoms with Gasteiger partial charge in [-0.2, -0.15) is 47.6 Å². The number of nitrogens with one attached hydrogen (secondary N) is 1. The van der Waals surface area contributed by atoms with Crippen LogP contribution in [-0.4, -0.2) is 69.4 Å². The highest BCUT2D eigenvalue weighted by molar-refractivity contribution is 7.86. The zero-order valence-corrected chi connectivity index (χ0v) is 14.1. The van der Waals surface area contributed by atoms with E-state index in [0.29, 0.717) is 0 Å². The van der Waals surface area contributed by atoms with Crippen molar-refractivity contribution in [3.8, 4) is 0 Å². The van der Waals surface area contributed by atoms with Crippen molar-refractivity contribution in [2.24, 2.45) is 0 Å². The van der Waals surface area contributed by atoms with Crippen molar-refractivity contribution in [3.05, 3.63) is 5.21 Å². The number of quaternary nitrogens is 1. The molecule has 0 saturated heterocycles. The lowest BCUT2D eigenvalue weighted by Gasteiger charge is -2.31. The minimum atomic E-state index is -7.06. The number of sulfonamides is 1. The first kappa shape index (κ1) is 25.4. The highest BCUT2D eigenvalue weighted by Gasteiger charge is 2.81. The first-order valence-electron chi connectivity index (χ1n) is 5.81. The standard InChI is InChI=1S/C8H8F7NO9S2/c1-26(20,21)16(19)4(17)6(10,11)8(14,15)7(12,13)5(18)25-2-3(9)27(22,23)24/h3,16H,2H2,1H3,(H,22,23,24). The van der Waals surface area contributed by atoms with E-state index in [9.17, 15) is 62.4 Å². The number of ether oxygens (including phenoxy) is 1. The summed E-state index contributed by atoms with van der Waals surface area (Å²) in [5.74, 6) is -27.9. The van der Waals surface area contributed by atoms with E-state index in [1.54, 1.807) is 0 Å². The van der Waals surface area contributed by atoms with Crippen molar-refractivity contribution in [3.63, 3.8) is 0 Å². The molecule has 1 amide bonds. The lowest BCUT2D eigenvalue weighted by molar-refractivity contribution is -0.629. The number of amides is 1. The fourth-order valence-electron chi connectivity index (χ4n) is 1.08. The van der Waals surface area contributed by atoms with Gasteiger partial charge in [0.1, 0.15) is 6.61 Å². The Hall–Kier alpha value is -1.57. The molecule has 0 radical (unpaired) electrons. The SMILES string of the molecule is CS(=O)(=O)[NH+]([O-])C(=O)C(F)(F)C(F)(F)C(F)(F)C(=O)OCC(F)S(=O)(=O)O. The van der Waals surface area contributed by atoms with E-state index in [1.165, 1.54) is 0 Å². The van der Waals surface area contributed by atoms with E-state index < -0.39 is 66.4 Å². The molecular weight excluding hydrogens is 451 g/mol. The zero-order valence-electron chi connectivity index (χ0n) is 12.5. The summed E-state index contributed by atoms with van der Waals surface area (Å²) in [6.45, 7) is -2.33. The van der Waals surface area contributed by atoms with E-state index >= 15 is 0 Å². The van der Waals surface area contributed by atoms with Crippen LogP contribution in [-0.2, 0) is 34.5 Å². The molecular formula is C8H8F7NO9S2. The van der Waals surface area contributed by atoms with Gasteiger partial charge in [-0.1, -0.05) is 0 Å². The third kappa shape index (κ3) is 5.03. The maximum absolute atomic E-state index is 13.4. The molecule has 2 atom stereocenters. The average molecular weight is 459 g/mol. The predicted octanol–water partition coefficient (Wildman–Crippen LogP) is -1.51. The summed E-state index contributed by atoms with van der Waals surface area (Å²) in [7, 11) is -11.0. The fourth-order valence-corrected chi connectivity index (χ4v) is 1.79. The number of alkyl halides is 7. The van der Waals surface area contributed by atoms with Gasteiger partial charge in [0.25, 0.3) is 15.5 Å². The van der Waals surface area contributed by atoms with Crippen molar-refractivity contribution in [2.75, 3.05) is 12.9 Å². The second kappa shape index (κ2) is 7.45. The summed E-state index contributed by atoms with van der Waals surface area (Å²) in [6, 6.07) is 0. The molecule has 0 aliphatic carbocycles. The summed E-state index contributed by atoms with van der Waals surface area (Å²) in [6.07, 6.45) is -0.176. The van der Waals surface area contributed by atoms with E-state index in [2.05, 4.69) is 4.74 Å². The smallest absolute Gasteiger partial charge is 0.429 e. The molecule has 27 heavy (non-hydrogen) atoms. The second-order valence-corrected chi connectivity index (χ2v) is 8.09. The van der Waals surface area contributed by atoms with Crippen LogP contribution in [0.4, 0.5) is 30.7 Å². The first-order valence-corrected chi connectivity index (χ1v) is 9.21. The number of rotatable bonds is 8. The molecule has 0 heterocycles. The number of halogens is 7. The maximum atomic E-state index is 13.4. The molecule has 0 aliphatic heterocycles. The number of carbonyl (C=O) groups is 2. The summed E-state index contributed by atoms with van der Waals surface area (Å²) < 4.78 is 142. The number of hydrogen-bond acceptors (Lipinski definition) is 8. The Labute approximate surface area is 145 Å². The van der Waals surface area contributed by atoms with E-state index in [1.807, 2.05) is 0 Å². The number of hydrogen-bond donors (Lipinski definition) is 2. The fraction of sp³-hybridized carbons (Fsp3) is 0.750. The molecule has 19 heteroatoms. The van der Waals surface area contributed by atoms with Gasteiger partial charge in [-0.3, -0.25) is 4.55 Å². The van der Waals surface area contributed by atoms with Crippen LogP contribution in [0, 0.1) is 5.21 Å². The minimum absolute atomic E-state index is 0.176. The van der Waals surface area contributed by atoms with E-state index in [4.69, 9.17) is 4.55 Å². The highest BCUT2D eigenvalue weighted by atomic mass is 32.2. The third-order valence-electron chi connectivity index (χ3n) is 2.52. The Balaban J connectivity index is 5.75. The summed E-state index contributed by atoms with van der Waals surface area (Å²) in [4.78, 5) is 21.7. The van der Waals surface area contributed by atoms with Crippen LogP contribution in [0.2, 0.25) is 0 Å². The van der Waals surface area contributed by atoms with Crippen LogP contribution in [0.5, 0.6) is 0 Å². The number of hydroxylamine groups is 1. The lowest BCUT2D eigenvalue weighted by atomic mass is 10.0.